The fraction of sp³-hybridized carbons (Fsp3) is 0.316. The molecule has 1 N–H and O–H groups in total. The van der Waals surface area contributed by atoms with Crippen molar-refractivity contribution in [2.24, 2.45) is 0 Å². The van der Waals surface area contributed by atoms with Crippen LogP contribution in [0.25, 0.3) is 0 Å². The number of sulfonamides is 1. The second-order valence-corrected chi connectivity index (χ2v) is 7.91. The molecule has 0 radical (unpaired) electrons. The Bertz CT molecular complexity index is 820. The molecule has 0 saturated carbocycles. The van der Waals surface area contributed by atoms with Gasteiger partial charge >= 0.3 is 0 Å². The lowest BCUT2D eigenvalue weighted by atomic mass is 10.1. The highest BCUT2D eigenvalue weighted by molar-refractivity contribution is 7.89. The van der Waals surface area contributed by atoms with Gasteiger partial charge in [0.05, 0.1) is 24.1 Å². The van der Waals surface area contributed by atoms with E-state index >= 15 is 0 Å². The molecule has 0 spiro atoms. The largest absolute Gasteiger partial charge is 0.494 e. The Morgan fingerprint density at radius 3 is 2.31 bits per heavy atom. The smallest absolute Gasteiger partial charge is 0.243 e. The maximum absolute atomic E-state index is 12.6. The Labute approximate surface area is 154 Å². The molecule has 0 heterocycles. The van der Waals surface area contributed by atoms with E-state index in [1.807, 2.05) is 44.2 Å². The summed E-state index contributed by atoms with van der Waals surface area (Å²) in [4.78, 5) is 12.3. The summed E-state index contributed by atoms with van der Waals surface area (Å²) in [5, 5.41) is 2.81. The molecule has 0 bridgehead atoms. The molecule has 0 aliphatic carbocycles. The molecule has 2 aromatic rings. The Kier molecular flexibility index (Phi) is 6.76. The van der Waals surface area contributed by atoms with Gasteiger partial charge in [-0.2, -0.15) is 4.31 Å². The van der Waals surface area contributed by atoms with Gasteiger partial charge in [-0.25, -0.2) is 8.42 Å². The van der Waals surface area contributed by atoms with Crippen LogP contribution in [0.5, 0.6) is 5.75 Å². The Morgan fingerprint density at radius 1 is 1.12 bits per heavy atom. The van der Waals surface area contributed by atoms with Crippen molar-refractivity contribution < 1.29 is 17.9 Å². The molecule has 7 heteroatoms. The van der Waals surface area contributed by atoms with Gasteiger partial charge in [0.25, 0.3) is 0 Å². The monoisotopic (exact) mass is 376 g/mol. The zero-order valence-electron chi connectivity index (χ0n) is 15.2. The summed E-state index contributed by atoms with van der Waals surface area (Å²) in [5.74, 6) is 0.238. The van der Waals surface area contributed by atoms with E-state index in [4.69, 9.17) is 4.74 Å². The van der Waals surface area contributed by atoms with Crippen LogP contribution in [0.15, 0.2) is 59.5 Å². The fourth-order valence-electron chi connectivity index (χ4n) is 2.45. The summed E-state index contributed by atoms with van der Waals surface area (Å²) in [7, 11) is -2.36. The first-order chi connectivity index (χ1) is 12.3. The van der Waals surface area contributed by atoms with E-state index in [0.29, 0.717) is 12.4 Å². The number of carbonyl (C=O) groups excluding carboxylic acids is 1. The molecule has 0 aromatic heterocycles. The molecule has 1 amide bonds. The standard InChI is InChI=1S/C19H24N2O4S/c1-4-25-17-10-12-18(13-11-17)26(23,24)21(3)14-19(22)20-15(2)16-8-6-5-7-9-16/h5-13,15H,4,14H2,1-3H3,(H,20,22)/t15-/m0/s1. The number of amides is 1. The van der Waals surface area contributed by atoms with Gasteiger partial charge in [0.1, 0.15) is 5.75 Å². The molecule has 0 aliphatic heterocycles. The molecule has 6 nitrogen and oxygen atoms in total. The van der Waals surface area contributed by atoms with Crippen molar-refractivity contribution >= 4 is 15.9 Å². The molecule has 0 unspecified atom stereocenters. The Morgan fingerprint density at radius 2 is 1.73 bits per heavy atom. The first-order valence-electron chi connectivity index (χ1n) is 8.38. The summed E-state index contributed by atoms with van der Waals surface area (Å²) in [6.07, 6.45) is 0. The van der Waals surface area contributed by atoms with Crippen molar-refractivity contribution in [3.63, 3.8) is 0 Å². The van der Waals surface area contributed by atoms with E-state index in [1.165, 1.54) is 19.2 Å². The van der Waals surface area contributed by atoms with Gasteiger partial charge in [-0.15, -0.1) is 0 Å². The molecular formula is C19H24N2O4S. The molecule has 2 rings (SSSR count). The van der Waals surface area contributed by atoms with E-state index in [2.05, 4.69) is 5.32 Å². The number of rotatable bonds is 8. The lowest BCUT2D eigenvalue weighted by Crippen LogP contribution is -2.39. The summed E-state index contributed by atoms with van der Waals surface area (Å²) in [5.41, 5.74) is 0.956. The molecule has 26 heavy (non-hydrogen) atoms. The van der Waals surface area contributed by atoms with Gasteiger partial charge in [0.15, 0.2) is 0 Å². The summed E-state index contributed by atoms with van der Waals surface area (Å²) in [6, 6.07) is 15.4. The third kappa shape index (κ3) is 5.06. The van der Waals surface area contributed by atoms with E-state index in [1.54, 1.807) is 12.1 Å². The quantitative estimate of drug-likeness (QED) is 0.768. The van der Waals surface area contributed by atoms with Gasteiger partial charge in [-0.05, 0) is 43.7 Å². The molecule has 0 fully saturated rings. The Balaban J connectivity index is 2.00. The third-order valence-electron chi connectivity index (χ3n) is 3.89. The van der Waals surface area contributed by atoms with E-state index < -0.39 is 10.0 Å². The first-order valence-corrected chi connectivity index (χ1v) is 9.82. The third-order valence-corrected chi connectivity index (χ3v) is 5.70. The molecule has 0 aliphatic rings. The minimum Gasteiger partial charge on any atom is -0.494 e. The second-order valence-electron chi connectivity index (χ2n) is 5.87. The Hall–Kier alpha value is -2.38. The molecule has 2 aromatic carbocycles. The van der Waals surface area contributed by atoms with E-state index in [0.717, 1.165) is 9.87 Å². The van der Waals surface area contributed by atoms with Crippen molar-refractivity contribution in [1.29, 1.82) is 0 Å². The van der Waals surface area contributed by atoms with Crippen LogP contribution in [0.2, 0.25) is 0 Å². The van der Waals surface area contributed by atoms with Crippen molar-refractivity contribution in [1.82, 2.24) is 9.62 Å². The van der Waals surface area contributed by atoms with E-state index in [-0.39, 0.29) is 23.4 Å². The number of hydrogen-bond acceptors (Lipinski definition) is 4. The topological polar surface area (TPSA) is 75.7 Å². The molecular weight excluding hydrogens is 352 g/mol. The SMILES string of the molecule is CCOc1ccc(S(=O)(=O)N(C)CC(=O)N[C@@H](C)c2ccccc2)cc1. The van der Waals surface area contributed by atoms with Crippen molar-refractivity contribution in [2.75, 3.05) is 20.2 Å². The van der Waals surface area contributed by atoms with Crippen LogP contribution >= 0.6 is 0 Å². The number of nitrogens with one attached hydrogen (secondary N) is 1. The number of nitrogens with zero attached hydrogens (tertiary/aromatic N) is 1. The summed E-state index contributed by atoms with van der Waals surface area (Å²) >= 11 is 0. The minimum atomic E-state index is -3.75. The lowest BCUT2D eigenvalue weighted by molar-refractivity contribution is -0.121. The number of hydrogen-bond donors (Lipinski definition) is 1. The number of benzene rings is 2. The first kappa shape index (κ1) is 19.9. The van der Waals surface area contributed by atoms with Crippen LogP contribution < -0.4 is 10.1 Å². The zero-order valence-corrected chi connectivity index (χ0v) is 16.0. The van der Waals surface area contributed by atoms with E-state index in [9.17, 15) is 13.2 Å². The average Bonchev–Trinajstić information content (AvgIpc) is 2.63. The number of ether oxygens (including phenoxy) is 1. The maximum atomic E-state index is 12.6. The van der Waals surface area contributed by atoms with Crippen molar-refractivity contribution in [3.8, 4) is 5.75 Å². The summed E-state index contributed by atoms with van der Waals surface area (Å²) < 4.78 is 31.5. The van der Waals surface area contributed by atoms with Gasteiger partial charge in [0.2, 0.25) is 15.9 Å². The van der Waals surface area contributed by atoms with Crippen LogP contribution in [-0.2, 0) is 14.8 Å². The predicted molar refractivity (Wildman–Crippen MR) is 100 cm³/mol. The lowest BCUT2D eigenvalue weighted by Gasteiger charge is -2.19. The molecule has 0 saturated heterocycles. The van der Waals surface area contributed by atoms with Gasteiger partial charge < -0.3 is 10.1 Å². The van der Waals surface area contributed by atoms with Crippen LogP contribution in [0.4, 0.5) is 0 Å². The van der Waals surface area contributed by atoms with Crippen LogP contribution in [0.1, 0.15) is 25.5 Å². The highest BCUT2D eigenvalue weighted by Crippen LogP contribution is 2.19. The van der Waals surface area contributed by atoms with Crippen molar-refractivity contribution in [2.45, 2.75) is 24.8 Å². The minimum absolute atomic E-state index is 0.118. The van der Waals surface area contributed by atoms with Crippen LogP contribution in [0, 0.1) is 0 Å². The highest BCUT2D eigenvalue weighted by Gasteiger charge is 2.23. The second kappa shape index (κ2) is 8.82. The average molecular weight is 376 g/mol. The molecule has 140 valence electrons. The van der Waals surface area contributed by atoms with Crippen LogP contribution in [-0.4, -0.2) is 38.8 Å². The van der Waals surface area contributed by atoms with Gasteiger partial charge in [0, 0.05) is 7.05 Å². The predicted octanol–water partition coefficient (Wildman–Crippen LogP) is 2.58. The molecule has 1 atom stereocenters. The fourth-order valence-corrected chi connectivity index (χ4v) is 3.58. The normalized spacial score (nSPS) is 12.6. The number of carbonyl (C=O) groups is 1. The zero-order chi connectivity index (χ0) is 19.2. The van der Waals surface area contributed by atoms with Gasteiger partial charge in [-0.3, -0.25) is 4.79 Å². The van der Waals surface area contributed by atoms with Crippen molar-refractivity contribution in [3.05, 3.63) is 60.2 Å². The highest BCUT2D eigenvalue weighted by atomic mass is 32.2. The summed E-state index contributed by atoms with van der Waals surface area (Å²) in [6.45, 7) is 3.96. The maximum Gasteiger partial charge on any atom is 0.243 e. The van der Waals surface area contributed by atoms with Gasteiger partial charge in [-0.1, -0.05) is 30.3 Å². The van der Waals surface area contributed by atoms with Crippen LogP contribution in [0.3, 0.4) is 0 Å². The number of likely N-dealkylation sites (N-methyl/N-ethyl adjacent to an activating group) is 1.